The van der Waals surface area contributed by atoms with Crippen LogP contribution in [0.1, 0.15) is 29.7 Å². The number of rotatable bonds is 5. The summed E-state index contributed by atoms with van der Waals surface area (Å²) in [5.74, 6) is 1.17. The summed E-state index contributed by atoms with van der Waals surface area (Å²) in [6, 6.07) is 3.69. The van der Waals surface area contributed by atoms with Gasteiger partial charge in [-0.3, -0.25) is 4.79 Å². The lowest BCUT2D eigenvalue weighted by Crippen LogP contribution is -2.32. The number of aromatic nitrogens is 2. The number of amides is 1. The van der Waals surface area contributed by atoms with E-state index >= 15 is 0 Å². The number of furan rings is 1. The molecule has 0 saturated heterocycles. The zero-order valence-corrected chi connectivity index (χ0v) is 10.7. The lowest BCUT2D eigenvalue weighted by atomic mass is 10.3. The molecule has 2 heterocycles. The number of carbonyl (C=O) groups is 1. The summed E-state index contributed by atoms with van der Waals surface area (Å²) in [7, 11) is 1.82. The molecule has 5 heteroatoms. The average molecular weight is 247 g/mol. The molecule has 5 nitrogen and oxygen atoms in total. The Balaban J connectivity index is 2.15. The maximum atomic E-state index is 12.3. The van der Waals surface area contributed by atoms with Crippen molar-refractivity contribution < 1.29 is 9.21 Å². The minimum atomic E-state index is -0.0687. The molecule has 0 atom stereocenters. The van der Waals surface area contributed by atoms with Crippen molar-refractivity contribution in [2.45, 2.75) is 19.9 Å². The van der Waals surface area contributed by atoms with Gasteiger partial charge in [0.05, 0.1) is 12.8 Å². The largest absolute Gasteiger partial charge is 0.467 e. The third kappa shape index (κ3) is 2.61. The van der Waals surface area contributed by atoms with Gasteiger partial charge in [0.2, 0.25) is 0 Å². The van der Waals surface area contributed by atoms with Crippen LogP contribution in [0.15, 0.2) is 35.2 Å². The van der Waals surface area contributed by atoms with Gasteiger partial charge in [-0.25, -0.2) is 4.98 Å². The summed E-state index contributed by atoms with van der Waals surface area (Å²) in [5, 5.41) is 0. The molecule has 0 N–H and O–H groups in total. The van der Waals surface area contributed by atoms with Gasteiger partial charge in [-0.15, -0.1) is 0 Å². The Labute approximate surface area is 106 Å². The van der Waals surface area contributed by atoms with Crippen molar-refractivity contribution in [2.75, 3.05) is 6.54 Å². The highest BCUT2D eigenvalue weighted by molar-refractivity contribution is 5.90. The molecule has 18 heavy (non-hydrogen) atoms. The van der Waals surface area contributed by atoms with Crippen LogP contribution in [0.3, 0.4) is 0 Å². The molecule has 0 unspecified atom stereocenters. The lowest BCUT2D eigenvalue weighted by molar-refractivity contribution is 0.0715. The fraction of sp³-hybridized carbons (Fsp3) is 0.385. The van der Waals surface area contributed by atoms with Crippen LogP contribution in [0.25, 0.3) is 0 Å². The zero-order chi connectivity index (χ0) is 13.0. The van der Waals surface area contributed by atoms with E-state index in [9.17, 15) is 4.79 Å². The fourth-order valence-corrected chi connectivity index (χ4v) is 1.83. The summed E-state index contributed by atoms with van der Waals surface area (Å²) in [5.41, 5.74) is 0. The third-order valence-corrected chi connectivity index (χ3v) is 2.72. The Kier molecular flexibility index (Phi) is 3.82. The molecule has 0 bridgehead atoms. The summed E-state index contributed by atoms with van der Waals surface area (Å²) >= 11 is 0. The van der Waals surface area contributed by atoms with E-state index in [1.54, 1.807) is 28.1 Å². The van der Waals surface area contributed by atoms with Gasteiger partial charge in [-0.2, -0.15) is 0 Å². The number of carbonyl (C=O) groups excluding carboxylic acids is 1. The standard InChI is InChI=1S/C13H17N3O2/c1-3-7-16(10-11-5-4-9-18-11)13(17)12-14-6-8-15(12)2/h4-6,8-9H,3,7,10H2,1-2H3. The molecule has 0 aliphatic rings. The number of nitrogens with zero attached hydrogens (tertiary/aromatic N) is 3. The van der Waals surface area contributed by atoms with Gasteiger partial charge < -0.3 is 13.9 Å². The number of aryl methyl sites for hydroxylation is 1. The van der Waals surface area contributed by atoms with Gasteiger partial charge in [-0.1, -0.05) is 6.92 Å². The summed E-state index contributed by atoms with van der Waals surface area (Å²) in [4.78, 5) is 18.2. The van der Waals surface area contributed by atoms with Gasteiger partial charge in [0.25, 0.3) is 5.91 Å². The molecule has 0 aromatic carbocycles. The predicted octanol–water partition coefficient (Wildman–Crippen LogP) is 2.07. The number of imidazole rings is 1. The Morgan fingerprint density at radius 1 is 1.56 bits per heavy atom. The van der Waals surface area contributed by atoms with E-state index in [-0.39, 0.29) is 5.91 Å². The minimum absolute atomic E-state index is 0.0687. The molecule has 0 spiro atoms. The van der Waals surface area contributed by atoms with Crippen LogP contribution in [0, 0.1) is 0 Å². The monoisotopic (exact) mass is 247 g/mol. The second-order valence-electron chi connectivity index (χ2n) is 4.17. The van der Waals surface area contributed by atoms with Crippen molar-refractivity contribution in [3.63, 3.8) is 0 Å². The van der Waals surface area contributed by atoms with Crippen LogP contribution < -0.4 is 0 Å². The normalized spacial score (nSPS) is 10.6. The van der Waals surface area contributed by atoms with Crippen LogP contribution in [0.2, 0.25) is 0 Å². The molecule has 0 saturated carbocycles. The molecule has 96 valence electrons. The second kappa shape index (κ2) is 5.53. The van der Waals surface area contributed by atoms with Crippen LogP contribution >= 0.6 is 0 Å². The van der Waals surface area contributed by atoms with Crippen molar-refractivity contribution in [2.24, 2.45) is 7.05 Å². The summed E-state index contributed by atoms with van der Waals surface area (Å²) in [6.45, 7) is 3.21. The molecule has 0 aliphatic heterocycles. The molecule has 2 rings (SSSR count). The lowest BCUT2D eigenvalue weighted by Gasteiger charge is -2.20. The topological polar surface area (TPSA) is 51.3 Å². The van der Waals surface area contributed by atoms with Gasteiger partial charge in [0.15, 0.2) is 5.82 Å². The third-order valence-electron chi connectivity index (χ3n) is 2.72. The minimum Gasteiger partial charge on any atom is -0.467 e. The fourth-order valence-electron chi connectivity index (χ4n) is 1.83. The van der Waals surface area contributed by atoms with Crippen LogP contribution in [0.4, 0.5) is 0 Å². The number of hydrogen-bond donors (Lipinski definition) is 0. The smallest absolute Gasteiger partial charge is 0.290 e. The van der Waals surface area contributed by atoms with Crippen LogP contribution in [-0.4, -0.2) is 26.9 Å². The van der Waals surface area contributed by atoms with E-state index < -0.39 is 0 Å². The van der Waals surface area contributed by atoms with Gasteiger partial charge in [-0.05, 0) is 18.6 Å². The maximum absolute atomic E-state index is 12.3. The summed E-state index contributed by atoms with van der Waals surface area (Å²) in [6.07, 6.45) is 5.91. The molecule has 0 aliphatic carbocycles. The molecule has 2 aromatic rings. The Morgan fingerprint density at radius 3 is 2.94 bits per heavy atom. The highest BCUT2D eigenvalue weighted by Crippen LogP contribution is 2.10. The van der Waals surface area contributed by atoms with E-state index in [4.69, 9.17) is 4.42 Å². The van der Waals surface area contributed by atoms with Crippen molar-refractivity contribution in [3.05, 3.63) is 42.4 Å². The first-order valence-electron chi connectivity index (χ1n) is 6.01. The molecule has 2 aromatic heterocycles. The van der Waals surface area contributed by atoms with Gasteiger partial charge in [0.1, 0.15) is 5.76 Å². The first-order chi connectivity index (χ1) is 8.72. The molecule has 0 fully saturated rings. The molecule has 0 radical (unpaired) electrons. The Morgan fingerprint density at radius 2 is 2.39 bits per heavy atom. The Hall–Kier alpha value is -2.04. The van der Waals surface area contributed by atoms with E-state index in [1.165, 1.54) is 0 Å². The van der Waals surface area contributed by atoms with Gasteiger partial charge in [0, 0.05) is 26.0 Å². The predicted molar refractivity (Wildman–Crippen MR) is 66.9 cm³/mol. The van der Waals surface area contributed by atoms with Crippen molar-refractivity contribution in [1.29, 1.82) is 0 Å². The van der Waals surface area contributed by atoms with E-state index in [0.717, 1.165) is 12.2 Å². The van der Waals surface area contributed by atoms with Crippen molar-refractivity contribution in [1.82, 2.24) is 14.5 Å². The first kappa shape index (κ1) is 12.4. The highest BCUT2D eigenvalue weighted by atomic mass is 16.3. The molecular formula is C13H17N3O2. The van der Waals surface area contributed by atoms with E-state index in [1.807, 2.05) is 26.1 Å². The van der Waals surface area contributed by atoms with Gasteiger partial charge >= 0.3 is 0 Å². The Bertz CT molecular complexity index is 502. The second-order valence-corrected chi connectivity index (χ2v) is 4.17. The molecular weight excluding hydrogens is 230 g/mol. The van der Waals surface area contributed by atoms with Crippen LogP contribution in [0.5, 0.6) is 0 Å². The quantitative estimate of drug-likeness (QED) is 0.812. The number of hydrogen-bond acceptors (Lipinski definition) is 3. The van der Waals surface area contributed by atoms with E-state index in [0.29, 0.717) is 18.9 Å². The van der Waals surface area contributed by atoms with Crippen molar-refractivity contribution >= 4 is 5.91 Å². The highest BCUT2D eigenvalue weighted by Gasteiger charge is 2.19. The first-order valence-corrected chi connectivity index (χ1v) is 6.01. The van der Waals surface area contributed by atoms with Crippen LogP contribution in [-0.2, 0) is 13.6 Å². The molecule has 1 amide bonds. The SMILES string of the molecule is CCCN(Cc1ccco1)C(=O)c1nccn1C. The maximum Gasteiger partial charge on any atom is 0.290 e. The summed E-state index contributed by atoms with van der Waals surface area (Å²) < 4.78 is 7.02. The van der Waals surface area contributed by atoms with Crippen molar-refractivity contribution in [3.8, 4) is 0 Å². The average Bonchev–Trinajstić information content (AvgIpc) is 2.99. The zero-order valence-electron chi connectivity index (χ0n) is 10.7. The van der Waals surface area contributed by atoms with E-state index in [2.05, 4.69) is 4.98 Å².